The lowest BCUT2D eigenvalue weighted by Gasteiger charge is -2.17. The smallest absolute Gasteiger partial charge is 0.129 e. The van der Waals surface area contributed by atoms with Crippen LogP contribution in [0.3, 0.4) is 0 Å². The van der Waals surface area contributed by atoms with E-state index in [1.165, 1.54) is 18.2 Å². The van der Waals surface area contributed by atoms with Crippen LogP contribution in [0.4, 0.5) is 8.78 Å². The molecule has 0 aromatic heterocycles. The Morgan fingerprint density at radius 2 is 1.63 bits per heavy atom. The number of aliphatic hydroxyl groups excluding tert-OH is 1. The van der Waals surface area contributed by atoms with E-state index < -0.39 is 17.6 Å². The summed E-state index contributed by atoms with van der Waals surface area (Å²) in [5, 5.41) is 9.93. The quantitative estimate of drug-likeness (QED) is 0.901. The Morgan fingerprint density at radius 1 is 1.00 bits per heavy atom. The maximum Gasteiger partial charge on any atom is 0.129 e. The maximum atomic E-state index is 13.6. The fourth-order valence-corrected chi connectivity index (χ4v) is 2.34. The van der Waals surface area contributed by atoms with Crippen LogP contribution in [0.5, 0.6) is 0 Å². The Hall–Kier alpha value is -1.45. The van der Waals surface area contributed by atoms with E-state index in [1.54, 1.807) is 24.3 Å². The van der Waals surface area contributed by atoms with Crippen LogP contribution >= 0.6 is 11.6 Å². The summed E-state index contributed by atoms with van der Waals surface area (Å²) >= 11 is 6.04. The lowest BCUT2D eigenvalue weighted by molar-refractivity contribution is 0.263. The van der Waals surface area contributed by atoms with E-state index in [4.69, 9.17) is 11.6 Å². The van der Waals surface area contributed by atoms with E-state index >= 15 is 0 Å². The Bertz CT molecular complexity index is 552. The molecule has 1 nitrogen and oxygen atoms in total. The van der Waals surface area contributed by atoms with Crippen molar-refractivity contribution in [3.05, 3.63) is 70.2 Å². The van der Waals surface area contributed by atoms with Crippen LogP contribution < -0.4 is 0 Å². The van der Waals surface area contributed by atoms with Crippen LogP contribution in [0.1, 0.15) is 17.0 Å². The molecule has 0 aliphatic heterocycles. The van der Waals surface area contributed by atoms with Gasteiger partial charge in [-0.15, -0.1) is 0 Å². The second-order valence-corrected chi connectivity index (χ2v) is 4.71. The van der Waals surface area contributed by atoms with Gasteiger partial charge in [0.25, 0.3) is 0 Å². The molecule has 100 valence electrons. The second-order valence-electron chi connectivity index (χ2n) is 4.31. The zero-order chi connectivity index (χ0) is 13.8. The van der Waals surface area contributed by atoms with E-state index in [0.717, 1.165) is 0 Å². The number of aliphatic hydroxyl groups is 1. The monoisotopic (exact) mass is 282 g/mol. The summed E-state index contributed by atoms with van der Waals surface area (Å²) in [5.41, 5.74) is 0.663. The van der Waals surface area contributed by atoms with Crippen molar-refractivity contribution in [1.82, 2.24) is 0 Å². The SMILES string of the molecule is OCC(Cc1c(F)cccc1F)c1ccccc1Cl. The molecule has 0 heterocycles. The Balaban J connectivity index is 2.32. The van der Waals surface area contributed by atoms with Crippen molar-refractivity contribution in [2.24, 2.45) is 0 Å². The highest BCUT2D eigenvalue weighted by Crippen LogP contribution is 2.28. The number of halogens is 3. The van der Waals surface area contributed by atoms with Crippen LogP contribution in [0.15, 0.2) is 42.5 Å². The zero-order valence-corrected chi connectivity index (χ0v) is 10.9. The fourth-order valence-electron chi connectivity index (χ4n) is 2.05. The summed E-state index contributed by atoms with van der Waals surface area (Å²) in [6, 6.07) is 10.7. The van der Waals surface area contributed by atoms with Crippen molar-refractivity contribution >= 4 is 11.6 Å². The first kappa shape index (κ1) is 14.0. The highest BCUT2D eigenvalue weighted by molar-refractivity contribution is 6.31. The van der Waals surface area contributed by atoms with Gasteiger partial charge in [-0.3, -0.25) is 0 Å². The predicted molar refractivity (Wildman–Crippen MR) is 71.3 cm³/mol. The molecule has 0 aliphatic carbocycles. The van der Waals surface area contributed by atoms with Gasteiger partial charge in [0, 0.05) is 16.5 Å². The van der Waals surface area contributed by atoms with Gasteiger partial charge in [-0.05, 0) is 30.2 Å². The Labute approximate surface area is 115 Å². The first-order valence-corrected chi connectivity index (χ1v) is 6.29. The molecule has 0 spiro atoms. The molecule has 2 aromatic rings. The van der Waals surface area contributed by atoms with E-state index in [9.17, 15) is 13.9 Å². The molecular weight excluding hydrogens is 270 g/mol. The normalized spacial score (nSPS) is 12.4. The molecule has 19 heavy (non-hydrogen) atoms. The van der Waals surface area contributed by atoms with Crippen LogP contribution in [0.2, 0.25) is 5.02 Å². The fraction of sp³-hybridized carbons (Fsp3) is 0.200. The van der Waals surface area contributed by atoms with Crippen LogP contribution in [0.25, 0.3) is 0 Å². The molecule has 0 bridgehead atoms. The van der Waals surface area contributed by atoms with Gasteiger partial charge in [0.05, 0.1) is 6.61 Å². The lowest BCUT2D eigenvalue weighted by Crippen LogP contribution is -2.11. The van der Waals surface area contributed by atoms with Crippen LogP contribution in [-0.4, -0.2) is 11.7 Å². The number of hydrogen-bond donors (Lipinski definition) is 1. The van der Waals surface area contributed by atoms with E-state index in [2.05, 4.69) is 0 Å². The lowest BCUT2D eigenvalue weighted by atomic mass is 9.92. The topological polar surface area (TPSA) is 20.2 Å². The standard InChI is InChI=1S/C15H13ClF2O/c16-13-5-2-1-4-11(13)10(9-19)8-12-14(17)6-3-7-15(12)18/h1-7,10,19H,8-9H2. The summed E-state index contributed by atoms with van der Waals surface area (Å²) in [6.45, 7) is -0.225. The molecule has 4 heteroatoms. The van der Waals surface area contributed by atoms with Gasteiger partial charge in [0.2, 0.25) is 0 Å². The van der Waals surface area contributed by atoms with Gasteiger partial charge in [0.1, 0.15) is 11.6 Å². The molecule has 1 N–H and O–H groups in total. The van der Waals surface area contributed by atoms with Gasteiger partial charge >= 0.3 is 0 Å². The minimum Gasteiger partial charge on any atom is -0.396 e. The van der Waals surface area contributed by atoms with E-state index in [-0.39, 0.29) is 18.6 Å². The third-order valence-corrected chi connectivity index (χ3v) is 3.42. The molecular formula is C15H13ClF2O. The molecule has 0 radical (unpaired) electrons. The Kier molecular flexibility index (Phi) is 4.51. The third-order valence-electron chi connectivity index (χ3n) is 3.08. The summed E-state index contributed by atoms with van der Waals surface area (Å²) in [6.07, 6.45) is 0.0682. The maximum absolute atomic E-state index is 13.6. The molecule has 0 amide bonds. The molecule has 0 fully saturated rings. The summed E-state index contributed by atoms with van der Waals surface area (Å²) in [5.74, 6) is -1.64. The molecule has 2 aromatic carbocycles. The minimum absolute atomic E-state index is 0.0264. The van der Waals surface area contributed by atoms with E-state index in [1.807, 2.05) is 0 Å². The molecule has 0 saturated heterocycles. The van der Waals surface area contributed by atoms with Gasteiger partial charge in [-0.1, -0.05) is 35.9 Å². The zero-order valence-electron chi connectivity index (χ0n) is 10.1. The van der Waals surface area contributed by atoms with Gasteiger partial charge < -0.3 is 5.11 Å². The average molecular weight is 283 g/mol. The van der Waals surface area contributed by atoms with Crippen molar-refractivity contribution in [3.8, 4) is 0 Å². The van der Waals surface area contributed by atoms with Crippen LogP contribution in [0, 0.1) is 11.6 Å². The summed E-state index contributed by atoms with van der Waals surface area (Å²) in [7, 11) is 0. The first-order valence-electron chi connectivity index (χ1n) is 5.91. The van der Waals surface area contributed by atoms with Crippen molar-refractivity contribution in [3.63, 3.8) is 0 Å². The van der Waals surface area contributed by atoms with Gasteiger partial charge in [0.15, 0.2) is 0 Å². The highest BCUT2D eigenvalue weighted by atomic mass is 35.5. The van der Waals surface area contributed by atoms with Crippen molar-refractivity contribution in [2.75, 3.05) is 6.61 Å². The van der Waals surface area contributed by atoms with Crippen molar-refractivity contribution in [2.45, 2.75) is 12.3 Å². The third kappa shape index (κ3) is 3.11. The second kappa shape index (κ2) is 6.13. The molecule has 1 unspecified atom stereocenters. The van der Waals surface area contributed by atoms with Gasteiger partial charge in [-0.25, -0.2) is 8.78 Å². The average Bonchev–Trinajstić information content (AvgIpc) is 2.40. The Morgan fingerprint density at radius 3 is 2.21 bits per heavy atom. The minimum atomic E-state index is -0.606. The van der Waals surface area contributed by atoms with E-state index in [0.29, 0.717) is 10.6 Å². The van der Waals surface area contributed by atoms with Crippen molar-refractivity contribution in [1.29, 1.82) is 0 Å². The summed E-state index contributed by atoms with van der Waals surface area (Å²) in [4.78, 5) is 0. The highest BCUT2D eigenvalue weighted by Gasteiger charge is 2.18. The predicted octanol–water partition coefficient (Wildman–Crippen LogP) is 3.94. The number of hydrogen-bond acceptors (Lipinski definition) is 1. The molecule has 2 rings (SSSR count). The molecule has 1 atom stereocenters. The van der Waals surface area contributed by atoms with Crippen LogP contribution in [-0.2, 0) is 6.42 Å². The number of rotatable bonds is 4. The van der Waals surface area contributed by atoms with Crippen molar-refractivity contribution < 1.29 is 13.9 Å². The van der Waals surface area contributed by atoms with Gasteiger partial charge in [-0.2, -0.15) is 0 Å². The summed E-state index contributed by atoms with van der Waals surface area (Å²) < 4.78 is 27.2. The molecule has 0 aliphatic rings. The number of benzene rings is 2. The largest absolute Gasteiger partial charge is 0.396 e. The first-order chi connectivity index (χ1) is 9.13. The molecule has 0 saturated carbocycles.